The fourth-order valence-corrected chi connectivity index (χ4v) is 2.06. The van der Waals surface area contributed by atoms with Crippen LogP contribution in [0.3, 0.4) is 0 Å². The zero-order chi connectivity index (χ0) is 17.2. The van der Waals surface area contributed by atoms with E-state index < -0.39 is 0 Å². The Labute approximate surface area is 162 Å². The molecule has 1 radical (unpaired) electrons. The third kappa shape index (κ3) is 6.46. The number of pyridine rings is 1. The van der Waals surface area contributed by atoms with Crippen LogP contribution in [-0.2, 0) is 24.9 Å². The summed E-state index contributed by atoms with van der Waals surface area (Å²) in [5, 5.41) is 0. The summed E-state index contributed by atoms with van der Waals surface area (Å²) < 4.78 is 0. The van der Waals surface area contributed by atoms with Gasteiger partial charge in [0.1, 0.15) is 0 Å². The Morgan fingerprint density at radius 2 is 1.48 bits per heavy atom. The standard InChI is InChI=1S/C11H9N.C10H11NO.Ir/c1-2-6-10(7-3-1)11-8-4-5-9-12-11;1-3-10(12)11(2)9-7-5-4-6-8-9;/h1-9H;3-8H,1H2,2H3;. The third-order valence-corrected chi connectivity index (χ3v) is 3.38. The average molecular weight is 509 g/mol. The summed E-state index contributed by atoms with van der Waals surface area (Å²) in [6.45, 7) is 3.42. The van der Waals surface area contributed by atoms with Crippen LogP contribution in [-0.4, -0.2) is 17.9 Å². The summed E-state index contributed by atoms with van der Waals surface area (Å²) in [7, 11) is 1.72. The predicted octanol–water partition coefficient (Wildman–Crippen LogP) is 4.58. The molecule has 0 unspecified atom stereocenters. The van der Waals surface area contributed by atoms with Crippen LogP contribution in [0.4, 0.5) is 5.69 Å². The molecule has 0 aliphatic heterocycles. The van der Waals surface area contributed by atoms with Crippen molar-refractivity contribution in [3.8, 4) is 11.3 Å². The van der Waals surface area contributed by atoms with Crippen LogP contribution < -0.4 is 4.90 Å². The Balaban J connectivity index is 0.000000240. The van der Waals surface area contributed by atoms with Crippen LogP contribution in [0.15, 0.2) is 97.7 Å². The fraction of sp³-hybridized carbons (Fsp3) is 0.0476. The van der Waals surface area contributed by atoms with Crippen molar-refractivity contribution in [1.82, 2.24) is 4.98 Å². The van der Waals surface area contributed by atoms with Gasteiger partial charge in [-0.2, -0.15) is 0 Å². The van der Waals surface area contributed by atoms with E-state index in [1.54, 1.807) is 11.9 Å². The molecule has 0 saturated heterocycles. The van der Waals surface area contributed by atoms with Crippen LogP contribution >= 0.6 is 0 Å². The predicted molar refractivity (Wildman–Crippen MR) is 99.7 cm³/mol. The Kier molecular flexibility index (Phi) is 9.08. The molecule has 3 rings (SSSR count). The molecular weight excluding hydrogens is 488 g/mol. The number of rotatable bonds is 3. The van der Waals surface area contributed by atoms with Gasteiger partial charge >= 0.3 is 0 Å². The number of amides is 1. The maximum Gasteiger partial charge on any atom is 0.250 e. The van der Waals surface area contributed by atoms with E-state index in [2.05, 4.69) is 23.7 Å². The molecule has 0 spiro atoms. The van der Waals surface area contributed by atoms with E-state index in [4.69, 9.17) is 0 Å². The van der Waals surface area contributed by atoms with Crippen molar-refractivity contribution >= 4 is 11.6 Å². The van der Waals surface area contributed by atoms with Gasteiger partial charge in [0.05, 0.1) is 5.69 Å². The van der Waals surface area contributed by atoms with Gasteiger partial charge in [-0.25, -0.2) is 0 Å². The van der Waals surface area contributed by atoms with Gasteiger partial charge < -0.3 is 4.90 Å². The molecule has 3 nitrogen and oxygen atoms in total. The van der Waals surface area contributed by atoms with Crippen molar-refractivity contribution < 1.29 is 24.9 Å². The normalized spacial score (nSPS) is 9.00. The van der Waals surface area contributed by atoms with E-state index in [-0.39, 0.29) is 26.0 Å². The molecule has 0 atom stereocenters. The Morgan fingerprint density at radius 3 is 2.00 bits per heavy atom. The number of hydrogen-bond acceptors (Lipinski definition) is 2. The number of benzene rings is 2. The van der Waals surface area contributed by atoms with Gasteiger partial charge in [0.2, 0.25) is 5.91 Å². The van der Waals surface area contributed by atoms with Crippen LogP contribution in [0.1, 0.15) is 0 Å². The zero-order valence-electron chi connectivity index (χ0n) is 14.0. The number of aromatic nitrogens is 1. The van der Waals surface area contributed by atoms with Crippen molar-refractivity contribution in [1.29, 1.82) is 0 Å². The minimum Gasteiger partial charge on any atom is -0.312 e. The zero-order valence-corrected chi connectivity index (χ0v) is 16.4. The summed E-state index contributed by atoms with van der Waals surface area (Å²) in [5.74, 6) is -0.0961. The molecule has 0 saturated carbocycles. The van der Waals surface area contributed by atoms with Crippen molar-refractivity contribution in [3.05, 3.63) is 97.7 Å². The van der Waals surface area contributed by atoms with Crippen molar-refractivity contribution in [2.24, 2.45) is 0 Å². The van der Waals surface area contributed by atoms with E-state index in [9.17, 15) is 4.79 Å². The molecule has 4 heteroatoms. The van der Waals surface area contributed by atoms with E-state index in [1.807, 2.05) is 72.9 Å². The molecular formula is C21H20IrN2O. The number of carbonyl (C=O) groups is 1. The molecule has 0 aliphatic carbocycles. The van der Waals surface area contributed by atoms with Gasteiger partial charge in [-0.1, -0.05) is 61.2 Å². The first-order valence-electron chi connectivity index (χ1n) is 7.64. The van der Waals surface area contributed by atoms with Gasteiger partial charge in [0.15, 0.2) is 0 Å². The summed E-state index contributed by atoms with van der Waals surface area (Å²) in [4.78, 5) is 16.9. The monoisotopic (exact) mass is 509 g/mol. The van der Waals surface area contributed by atoms with Crippen molar-refractivity contribution in [2.45, 2.75) is 0 Å². The number of para-hydroxylation sites is 1. The number of carbonyl (C=O) groups excluding carboxylic acids is 1. The van der Waals surface area contributed by atoms with Crippen molar-refractivity contribution in [3.63, 3.8) is 0 Å². The van der Waals surface area contributed by atoms with Crippen LogP contribution in [0.5, 0.6) is 0 Å². The SMILES string of the molecule is C=CC(=O)N(C)c1ccccc1.[Ir].c1ccc(-c2ccccn2)cc1. The molecule has 1 amide bonds. The smallest absolute Gasteiger partial charge is 0.250 e. The second-order valence-corrected chi connectivity index (χ2v) is 5.02. The molecule has 1 aromatic heterocycles. The Bertz CT molecular complexity index is 724. The van der Waals surface area contributed by atoms with Gasteiger partial charge in [-0.05, 0) is 30.3 Å². The van der Waals surface area contributed by atoms with Crippen LogP contribution in [0.2, 0.25) is 0 Å². The molecule has 0 bridgehead atoms. The largest absolute Gasteiger partial charge is 0.312 e. The maximum absolute atomic E-state index is 11.1. The first kappa shape index (κ1) is 20.5. The number of likely N-dealkylation sites (N-methyl/N-ethyl adjacent to an activating group) is 1. The molecule has 0 fully saturated rings. The van der Waals surface area contributed by atoms with Crippen molar-refractivity contribution in [2.75, 3.05) is 11.9 Å². The van der Waals surface area contributed by atoms with Gasteiger partial charge in [0, 0.05) is 44.6 Å². The minimum absolute atomic E-state index is 0. The Hall–Kier alpha value is -2.55. The summed E-state index contributed by atoms with van der Waals surface area (Å²) in [6.07, 6.45) is 3.11. The summed E-state index contributed by atoms with van der Waals surface area (Å²) >= 11 is 0. The molecule has 25 heavy (non-hydrogen) atoms. The number of hydrogen-bond donors (Lipinski definition) is 0. The first-order valence-corrected chi connectivity index (χ1v) is 7.64. The van der Waals surface area contributed by atoms with E-state index in [1.165, 1.54) is 6.08 Å². The molecule has 129 valence electrons. The number of nitrogens with zero attached hydrogens (tertiary/aromatic N) is 2. The third-order valence-electron chi connectivity index (χ3n) is 3.38. The first-order chi connectivity index (χ1) is 11.7. The van der Waals surface area contributed by atoms with Crippen LogP contribution in [0, 0.1) is 0 Å². The quantitative estimate of drug-likeness (QED) is 0.486. The van der Waals surface area contributed by atoms with Crippen LogP contribution in [0.25, 0.3) is 11.3 Å². The molecule has 1 heterocycles. The van der Waals surface area contributed by atoms with Gasteiger partial charge in [-0.3, -0.25) is 9.78 Å². The average Bonchev–Trinajstić information content (AvgIpc) is 2.69. The minimum atomic E-state index is -0.0961. The van der Waals surface area contributed by atoms with E-state index >= 15 is 0 Å². The molecule has 0 N–H and O–H groups in total. The molecule has 0 aliphatic rings. The summed E-state index contributed by atoms with van der Waals surface area (Å²) in [5.41, 5.74) is 3.07. The maximum atomic E-state index is 11.1. The van der Waals surface area contributed by atoms with Gasteiger partial charge in [-0.15, -0.1) is 0 Å². The van der Waals surface area contributed by atoms with E-state index in [0.29, 0.717) is 0 Å². The topological polar surface area (TPSA) is 33.2 Å². The fourth-order valence-electron chi connectivity index (χ4n) is 2.06. The molecule has 2 aromatic carbocycles. The second kappa shape index (κ2) is 11.1. The second-order valence-electron chi connectivity index (χ2n) is 5.02. The molecule has 3 aromatic rings. The van der Waals surface area contributed by atoms with Gasteiger partial charge in [0.25, 0.3) is 0 Å². The Morgan fingerprint density at radius 1 is 0.920 bits per heavy atom. The summed E-state index contributed by atoms with van der Waals surface area (Å²) in [6, 6.07) is 25.5. The van der Waals surface area contributed by atoms with E-state index in [0.717, 1.165) is 16.9 Å². The number of anilines is 1.